The molecule has 0 atom stereocenters. The lowest BCUT2D eigenvalue weighted by Gasteiger charge is -2.14. The van der Waals surface area contributed by atoms with Gasteiger partial charge in [-0.25, -0.2) is 0 Å². The van der Waals surface area contributed by atoms with Crippen molar-refractivity contribution in [3.05, 3.63) is 48.5 Å². The normalized spacial score (nSPS) is 10.7. The highest BCUT2D eigenvalue weighted by Crippen LogP contribution is 2.23. The van der Waals surface area contributed by atoms with Crippen molar-refractivity contribution < 1.29 is 9.59 Å². The molecule has 2 aromatic rings. The Labute approximate surface area is 141 Å². The van der Waals surface area contributed by atoms with Gasteiger partial charge < -0.3 is 9.80 Å². The highest BCUT2D eigenvalue weighted by Gasteiger charge is 2.05. The lowest BCUT2D eigenvalue weighted by molar-refractivity contribution is -0.117. The fourth-order valence-electron chi connectivity index (χ4n) is 1.96. The summed E-state index contributed by atoms with van der Waals surface area (Å²) >= 11 is 0. The van der Waals surface area contributed by atoms with Crippen molar-refractivity contribution in [1.29, 1.82) is 0 Å². The van der Waals surface area contributed by atoms with Gasteiger partial charge in [-0.1, -0.05) is 0 Å². The Bertz CT molecular complexity index is 686. The Morgan fingerprint density at radius 2 is 0.958 bits per heavy atom. The molecule has 0 saturated heterocycles. The zero-order valence-corrected chi connectivity index (χ0v) is 14.2. The highest BCUT2D eigenvalue weighted by atomic mass is 16.2. The van der Waals surface area contributed by atoms with Crippen LogP contribution in [0.15, 0.2) is 58.8 Å². The van der Waals surface area contributed by atoms with E-state index in [1.165, 1.54) is 13.8 Å². The van der Waals surface area contributed by atoms with E-state index in [-0.39, 0.29) is 11.8 Å². The third kappa shape index (κ3) is 4.25. The molecule has 2 rings (SSSR count). The number of benzene rings is 2. The van der Waals surface area contributed by atoms with Crippen LogP contribution in [0.2, 0.25) is 0 Å². The van der Waals surface area contributed by atoms with Gasteiger partial charge in [-0.05, 0) is 48.5 Å². The summed E-state index contributed by atoms with van der Waals surface area (Å²) in [5.74, 6) is -0.0556. The number of carbonyl (C=O) groups is 2. The van der Waals surface area contributed by atoms with Gasteiger partial charge in [-0.15, -0.1) is 0 Å². The van der Waals surface area contributed by atoms with E-state index >= 15 is 0 Å². The summed E-state index contributed by atoms with van der Waals surface area (Å²) in [5, 5.41) is 8.34. The van der Waals surface area contributed by atoms with Crippen molar-refractivity contribution in [2.75, 3.05) is 23.9 Å². The number of amides is 2. The van der Waals surface area contributed by atoms with E-state index in [2.05, 4.69) is 10.2 Å². The molecule has 0 aliphatic carbocycles. The Morgan fingerprint density at radius 1 is 0.667 bits per heavy atom. The van der Waals surface area contributed by atoms with Crippen molar-refractivity contribution in [3.63, 3.8) is 0 Å². The third-order valence-electron chi connectivity index (χ3n) is 3.70. The van der Waals surface area contributed by atoms with Gasteiger partial charge in [0.25, 0.3) is 0 Å². The quantitative estimate of drug-likeness (QED) is 0.796. The summed E-state index contributed by atoms with van der Waals surface area (Å²) < 4.78 is 0. The molecule has 2 aromatic carbocycles. The molecule has 124 valence electrons. The first-order valence-electron chi connectivity index (χ1n) is 7.49. The maximum atomic E-state index is 11.3. The van der Waals surface area contributed by atoms with E-state index in [0.29, 0.717) is 11.4 Å². The van der Waals surface area contributed by atoms with Crippen LogP contribution in [-0.4, -0.2) is 25.9 Å². The zero-order valence-electron chi connectivity index (χ0n) is 14.2. The zero-order chi connectivity index (χ0) is 17.7. The van der Waals surface area contributed by atoms with Crippen molar-refractivity contribution in [2.24, 2.45) is 10.2 Å². The van der Waals surface area contributed by atoms with Crippen LogP contribution in [-0.2, 0) is 9.59 Å². The second-order valence-electron chi connectivity index (χ2n) is 5.39. The molecule has 6 nitrogen and oxygen atoms in total. The number of anilines is 2. The molecule has 0 radical (unpaired) electrons. The van der Waals surface area contributed by atoms with Gasteiger partial charge in [-0.3, -0.25) is 9.59 Å². The van der Waals surface area contributed by atoms with E-state index in [9.17, 15) is 9.59 Å². The summed E-state index contributed by atoms with van der Waals surface area (Å²) in [4.78, 5) is 25.8. The van der Waals surface area contributed by atoms with E-state index < -0.39 is 0 Å². The molecule has 0 spiro atoms. The standard InChI is InChI=1S/C18H20N4O2/c1-13(23)21(3)17-9-5-15(6-10-17)19-20-16-7-11-18(12-8-16)22(4)14(2)24/h5-12H,1-4H3. The Balaban J connectivity index is 2.08. The van der Waals surface area contributed by atoms with E-state index in [1.54, 1.807) is 48.2 Å². The molecule has 0 bridgehead atoms. The lowest BCUT2D eigenvalue weighted by atomic mass is 10.2. The molecule has 0 aromatic heterocycles. The minimum Gasteiger partial charge on any atom is -0.316 e. The Kier molecular flexibility index (Phi) is 5.42. The average Bonchev–Trinajstić information content (AvgIpc) is 2.59. The number of hydrogen-bond acceptors (Lipinski definition) is 4. The first-order chi connectivity index (χ1) is 11.4. The summed E-state index contributed by atoms with van der Waals surface area (Å²) in [6, 6.07) is 14.5. The molecule has 6 heteroatoms. The van der Waals surface area contributed by atoms with Gasteiger partial charge in [0, 0.05) is 39.3 Å². The molecule has 0 aliphatic heterocycles. The largest absolute Gasteiger partial charge is 0.316 e. The molecule has 0 fully saturated rings. The number of rotatable bonds is 4. The lowest BCUT2D eigenvalue weighted by Crippen LogP contribution is -2.22. The van der Waals surface area contributed by atoms with Crippen molar-refractivity contribution >= 4 is 34.6 Å². The van der Waals surface area contributed by atoms with Crippen molar-refractivity contribution in [2.45, 2.75) is 13.8 Å². The molecular formula is C18H20N4O2. The minimum absolute atomic E-state index is 0.0278. The van der Waals surface area contributed by atoms with Crippen LogP contribution in [0.1, 0.15) is 13.8 Å². The second kappa shape index (κ2) is 7.50. The maximum absolute atomic E-state index is 11.3. The van der Waals surface area contributed by atoms with Gasteiger partial charge in [0.15, 0.2) is 0 Å². The molecule has 24 heavy (non-hydrogen) atoms. The van der Waals surface area contributed by atoms with Crippen LogP contribution < -0.4 is 9.80 Å². The minimum atomic E-state index is -0.0278. The van der Waals surface area contributed by atoms with E-state index in [1.807, 2.05) is 24.3 Å². The molecule has 2 amide bonds. The Morgan fingerprint density at radius 3 is 1.21 bits per heavy atom. The fraction of sp³-hybridized carbons (Fsp3) is 0.222. The van der Waals surface area contributed by atoms with Crippen molar-refractivity contribution in [3.8, 4) is 0 Å². The molecule has 0 aliphatic rings. The first kappa shape index (κ1) is 17.3. The smallest absolute Gasteiger partial charge is 0.223 e. The third-order valence-corrected chi connectivity index (χ3v) is 3.70. The monoisotopic (exact) mass is 324 g/mol. The van der Waals surface area contributed by atoms with Crippen molar-refractivity contribution in [1.82, 2.24) is 0 Å². The molecular weight excluding hydrogens is 304 g/mol. The Hall–Kier alpha value is -3.02. The molecule has 0 heterocycles. The van der Waals surface area contributed by atoms with E-state index in [0.717, 1.165) is 11.4 Å². The second-order valence-corrected chi connectivity index (χ2v) is 5.39. The van der Waals surface area contributed by atoms with Gasteiger partial charge in [0.05, 0.1) is 11.4 Å². The van der Waals surface area contributed by atoms with Crippen LogP contribution in [0.5, 0.6) is 0 Å². The van der Waals surface area contributed by atoms with E-state index in [4.69, 9.17) is 0 Å². The summed E-state index contributed by atoms with van der Waals surface area (Å²) in [6.07, 6.45) is 0. The maximum Gasteiger partial charge on any atom is 0.223 e. The van der Waals surface area contributed by atoms with Crippen LogP contribution in [0.25, 0.3) is 0 Å². The van der Waals surface area contributed by atoms with Crippen LogP contribution in [0.3, 0.4) is 0 Å². The fourth-order valence-corrected chi connectivity index (χ4v) is 1.96. The predicted molar refractivity (Wildman–Crippen MR) is 95.2 cm³/mol. The molecule has 0 N–H and O–H groups in total. The summed E-state index contributed by atoms with van der Waals surface area (Å²) in [5.41, 5.74) is 3.00. The number of nitrogens with zero attached hydrogens (tertiary/aromatic N) is 4. The van der Waals surface area contributed by atoms with Gasteiger partial charge in [-0.2, -0.15) is 10.2 Å². The summed E-state index contributed by atoms with van der Waals surface area (Å²) in [7, 11) is 3.44. The highest BCUT2D eigenvalue weighted by molar-refractivity contribution is 5.91. The molecule has 0 unspecified atom stereocenters. The number of carbonyl (C=O) groups excluding carboxylic acids is 2. The average molecular weight is 324 g/mol. The van der Waals surface area contributed by atoms with Crippen LogP contribution in [0.4, 0.5) is 22.7 Å². The topological polar surface area (TPSA) is 65.3 Å². The summed E-state index contributed by atoms with van der Waals surface area (Å²) in [6.45, 7) is 3.03. The van der Waals surface area contributed by atoms with Gasteiger partial charge in [0.1, 0.15) is 0 Å². The SMILES string of the molecule is CC(=O)N(C)c1ccc(N=Nc2ccc(N(C)C(C)=O)cc2)cc1. The van der Waals surface area contributed by atoms with Gasteiger partial charge in [0.2, 0.25) is 11.8 Å². The van der Waals surface area contributed by atoms with Crippen LogP contribution in [0, 0.1) is 0 Å². The number of azo groups is 1. The first-order valence-corrected chi connectivity index (χ1v) is 7.49. The van der Waals surface area contributed by atoms with Gasteiger partial charge >= 0.3 is 0 Å². The number of hydrogen-bond donors (Lipinski definition) is 0. The predicted octanol–water partition coefficient (Wildman–Crippen LogP) is 4.07. The molecule has 0 saturated carbocycles. The van der Waals surface area contributed by atoms with Crippen LogP contribution >= 0.6 is 0 Å².